The molecule has 2 heteroatoms. The number of hydrogen-bond acceptors (Lipinski definition) is 1. The number of hydrogen-bond donors (Lipinski definition) is 0. The van der Waals surface area contributed by atoms with Crippen LogP contribution in [0, 0.1) is 6.92 Å². The summed E-state index contributed by atoms with van der Waals surface area (Å²) in [6.45, 7) is 6.49. The molecule has 2 aromatic rings. The van der Waals surface area contributed by atoms with Crippen LogP contribution in [-0.4, -0.2) is 9.55 Å². The van der Waals surface area contributed by atoms with E-state index < -0.39 is 0 Å². The number of aryl methyl sites for hydroxylation is 2. The summed E-state index contributed by atoms with van der Waals surface area (Å²) in [5, 5.41) is 0. The summed E-state index contributed by atoms with van der Waals surface area (Å²) in [5.74, 6) is 1.64. The molecular weight excluding hydrogens is 172 g/mol. The predicted octanol–water partition coefficient (Wildman–Crippen LogP) is 3.01. The average molecular weight is 188 g/mol. The van der Waals surface area contributed by atoms with Crippen molar-refractivity contribution in [2.24, 2.45) is 7.05 Å². The molecule has 0 bridgehead atoms. The highest BCUT2D eigenvalue weighted by Gasteiger charge is 2.11. The van der Waals surface area contributed by atoms with Gasteiger partial charge in [0.05, 0.1) is 11.0 Å². The van der Waals surface area contributed by atoms with Crippen molar-refractivity contribution in [3.63, 3.8) is 0 Å². The van der Waals surface area contributed by atoms with Crippen LogP contribution in [0.4, 0.5) is 0 Å². The van der Waals surface area contributed by atoms with Crippen LogP contribution in [0.15, 0.2) is 18.2 Å². The summed E-state index contributed by atoms with van der Waals surface area (Å²) >= 11 is 0. The van der Waals surface area contributed by atoms with Crippen LogP contribution >= 0.6 is 0 Å². The van der Waals surface area contributed by atoms with Crippen molar-refractivity contribution in [1.29, 1.82) is 0 Å². The first-order valence-electron chi connectivity index (χ1n) is 5.03. The number of aromatic nitrogens is 2. The van der Waals surface area contributed by atoms with Gasteiger partial charge in [0.15, 0.2) is 0 Å². The molecule has 2 nitrogen and oxygen atoms in total. The minimum atomic E-state index is 0.479. The molecule has 0 fully saturated rings. The molecule has 74 valence electrons. The third-order valence-electron chi connectivity index (χ3n) is 2.65. The van der Waals surface area contributed by atoms with Gasteiger partial charge in [-0.05, 0) is 18.6 Å². The molecule has 0 N–H and O–H groups in total. The molecule has 0 saturated heterocycles. The van der Waals surface area contributed by atoms with Gasteiger partial charge in [0.25, 0.3) is 0 Å². The van der Waals surface area contributed by atoms with Crippen LogP contribution in [0.25, 0.3) is 11.0 Å². The van der Waals surface area contributed by atoms with Crippen molar-refractivity contribution >= 4 is 11.0 Å². The summed E-state index contributed by atoms with van der Waals surface area (Å²) in [7, 11) is 2.09. The SMILES string of the molecule is Cc1cccc2nc(C(C)C)n(C)c12. The summed E-state index contributed by atoms with van der Waals surface area (Å²) in [6, 6.07) is 6.27. The van der Waals surface area contributed by atoms with E-state index in [2.05, 4.69) is 55.6 Å². The Kier molecular flexibility index (Phi) is 2.06. The van der Waals surface area contributed by atoms with E-state index >= 15 is 0 Å². The fraction of sp³-hybridized carbons (Fsp3) is 0.417. The molecule has 0 aliphatic rings. The van der Waals surface area contributed by atoms with Gasteiger partial charge in [-0.25, -0.2) is 4.98 Å². The number of para-hydroxylation sites is 1. The van der Waals surface area contributed by atoms with Gasteiger partial charge in [0.1, 0.15) is 5.82 Å². The fourth-order valence-electron chi connectivity index (χ4n) is 2.00. The fourth-order valence-corrected chi connectivity index (χ4v) is 2.00. The Labute approximate surface area is 84.6 Å². The van der Waals surface area contributed by atoms with Crippen molar-refractivity contribution in [3.8, 4) is 0 Å². The van der Waals surface area contributed by atoms with Gasteiger partial charge in [-0.3, -0.25) is 0 Å². The number of rotatable bonds is 1. The first-order valence-corrected chi connectivity index (χ1v) is 5.03. The maximum Gasteiger partial charge on any atom is 0.112 e. The van der Waals surface area contributed by atoms with Crippen LogP contribution < -0.4 is 0 Å². The zero-order valence-electron chi connectivity index (χ0n) is 9.20. The van der Waals surface area contributed by atoms with E-state index in [4.69, 9.17) is 0 Å². The second kappa shape index (κ2) is 3.12. The minimum absolute atomic E-state index is 0.479. The minimum Gasteiger partial charge on any atom is -0.331 e. The zero-order chi connectivity index (χ0) is 10.3. The Morgan fingerprint density at radius 1 is 1.29 bits per heavy atom. The maximum atomic E-state index is 4.64. The van der Waals surface area contributed by atoms with E-state index in [0.717, 1.165) is 11.3 Å². The molecule has 0 aliphatic heterocycles. The molecule has 0 unspecified atom stereocenters. The third kappa shape index (κ3) is 1.22. The topological polar surface area (TPSA) is 17.8 Å². The van der Waals surface area contributed by atoms with Crippen LogP contribution in [0.1, 0.15) is 31.2 Å². The van der Waals surface area contributed by atoms with E-state index in [1.807, 2.05) is 0 Å². The van der Waals surface area contributed by atoms with Gasteiger partial charge in [-0.2, -0.15) is 0 Å². The van der Waals surface area contributed by atoms with Crippen LogP contribution in [0.3, 0.4) is 0 Å². The molecule has 1 heterocycles. The Bertz CT molecular complexity index is 466. The van der Waals surface area contributed by atoms with Crippen LogP contribution in [0.2, 0.25) is 0 Å². The van der Waals surface area contributed by atoms with E-state index in [0.29, 0.717) is 5.92 Å². The Balaban J connectivity index is 2.81. The van der Waals surface area contributed by atoms with Gasteiger partial charge in [-0.1, -0.05) is 26.0 Å². The zero-order valence-corrected chi connectivity index (χ0v) is 9.20. The van der Waals surface area contributed by atoms with Gasteiger partial charge in [-0.15, -0.1) is 0 Å². The number of nitrogens with zero attached hydrogens (tertiary/aromatic N) is 2. The highest BCUT2D eigenvalue weighted by Crippen LogP contribution is 2.22. The van der Waals surface area contributed by atoms with Crippen molar-refractivity contribution in [3.05, 3.63) is 29.6 Å². The molecule has 14 heavy (non-hydrogen) atoms. The average Bonchev–Trinajstić information content (AvgIpc) is 2.45. The second-order valence-electron chi connectivity index (χ2n) is 4.13. The standard InChI is InChI=1S/C12H16N2/c1-8(2)12-13-10-7-5-6-9(3)11(10)14(12)4/h5-8H,1-4H3. The lowest BCUT2D eigenvalue weighted by atomic mass is 10.2. The molecule has 1 aromatic carbocycles. The monoisotopic (exact) mass is 188 g/mol. The predicted molar refractivity (Wildman–Crippen MR) is 59.5 cm³/mol. The summed E-state index contributed by atoms with van der Waals surface area (Å²) < 4.78 is 2.20. The van der Waals surface area contributed by atoms with Crippen molar-refractivity contribution in [2.75, 3.05) is 0 Å². The second-order valence-corrected chi connectivity index (χ2v) is 4.13. The Hall–Kier alpha value is -1.31. The van der Waals surface area contributed by atoms with Crippen molar-refractivity contribution < 1.29 is 0 Å². The summed E-state index contributed by atoms with van der Waals surface area (Å²) in [5.41, 5.74) is 3.66. The molecule has 2 rings (SSSR count). The van der Waals surface area contributed by atoms with E-state index in [-0.39, 0.29) is 0 Å². The van der Waals surface area contributed by atoms with Gasteiger partial charge < -0.3 is 4.57 Å². The smallest absolute Gasteiger partial charge is 0.112 e. The van der Waals surface area contributed by atoms with Crippen LogP contribution in [-0.2, 0) is 7.05 Å². The summed E-state index contributed by atoms with van der Waals surface area (Å²) in [4.78, 5) is 4.64. The quantitative estimate of drug-likeness (QED) is 0.672. The van der Waals surface area contributed by atoms with Gasteiger partial charge in [0, 0.05) is 13.0 Å². The lowest BCUT2D eigenvalue weighted by Gasteiger charge is -2.05. The molecule has 0 spiro atoms. The first kappa shape index (κ1) is 9.25. The number of fused-ring (bicyclic) bond motifs is 1. The number of benzene rings is 1. The lowest BCUT2D eigenvalue weighted by Crippen LogP contribution is -1.99. The van der Waals surface area contributed by atoms with Gasteiger partial charge in [0.2, 0.25) is 0 Å². The third-order valence-corrected chi connectivity index (χ3v) is 2.65. The molecule has 0 saturated carbocycles. The highest BCUT2D eigenvalue weighted by atomic mass is 15.1. The van der Waals surface area contributed by atoms with Crippen molar-refractivity contribution in [1.82, 2.24) is 9.55 Å². The normalized spacial score (nSPS) is 11.5. The number of imidazole rings is 1. The van der Waals surface area contributed by atoms with E-state index in [1.54, 1.807) is 0 Å². The molecule has 0 radical (unpaired) electrons. The van der Waals surface area contributed by atoms with Crippen molar-refractivity contribution in [2.45, 2.75) is 26.7 Å². The molecule has 1 aromatic heterocycles. The lowest BCUT2D eigenvalue weighted by molar-refractivity contribution is 0.722. The molecule has 0 atom stereocenters. The summed E-state index contributed by atoms with van der Waals surface area (Å²) in [6.07, 6.45) is 0. The molecule has 0 amide bonds. The maximum absolute atomic E-state index is 4.64. The van der Waals surface area contributed by atoms with E-state index in [9.17, 15) is 0 Å². The molecule has 0 aliphatic carbocycles. The van der Waals surface area contributed by atoms with E-state index in [1.165, 1.54) is 11.1 Å². The Morgan fingerprint density at radius 2 is 2.00 bits per heavy atom. The van der Waals surface area contributed by atoms with Gasteiger partial charge >= 0.3 is 0 Å². The first-order chi connectivity index (χ1) is 6.61. The highest BCUT2D eigenvalue weighted by molar-refractivity contribution is 5.79. The Morgan fingerprint density at radius 3 is 2.57 bits per heavy atom. The largest absolute Gasteiger partial charge is 0.331 e. The molecular formula is C12H16N2. The van der Waals surface area contributed by atoms with Crippen LogP contribution in [0.5, 0.6) is 0 Å².